The lowest BCUT2D eigenvalue weighted by molar-refractivity contribution is 0.310. The van der Waals surface area contributed by atoms with Crippen molar-refractivity contribution >= 4 is 0 Å². The van der Waals surface area contributed by atoms with Crippen LogP contribution in [0.2, 0.25) is 0 Å². The minimum absolute atomic E-state index is 0.626. The van der Waals surface area contributed by atoms with Gasteiger partial charge in [0, 0.05) is 13.0 Å². The summed E-state index contributed by atoms with van der Waals surface area (Å²) in [6, 6.07) is 8.12. The number of hydrogen-bond acceptors (Lipinski definition) is 4. The molecule has 4 nitrogen and oxygen atoms in total. The highest BCUT2D eigenvalue weighted by Gasteiger charge is 2.04. The Labute approximate surface area is 115 Å². The third-order valence-corrected chi connectivity index (χ3v) is 2.75. The smallest absolute Gasteiger partial charge is 0.161 e. The summed E-state index contributed by atoms with van der Waals surface area (Å²) in [6.07, 6.45) is 2.62. The van der Waals surface area contributed by atoms with Crippen LogP contribution >= 0.6 is 0 Å². The molecule has 19 heavy (non-hydrogen) atoms. The first-order chi connectivity index (χ1) is 9.31. The molecule has 0 unspecified atom stereocenters. The minimum Gasteiger partial charge on any atom is -0.493 e. The normalized spacial score (nSPS) is 9.95. The topological polar surface area (TPSA) is 54.3 Å². The number of unbranched alkanes of at least 4 members (excludes halogenated alkanes) is 2. The fraction of sp³-hybridized carbons (Fsp3) is 0.533. The van der Waals surface area contributed by atoms with E-state index in [1.807, 2.05) is 25.1 Å². The number of hydrogen-bond donors (Lipinski definition) is 1. The van der Waals surface area contributed by atoms with Crippen molar-refractivity contribution in [3.63, 3.8) is 0 Å². The zero-order chi connectivity index (χ0) is 13.9. The van der Waals surface area contributed by atoms with Crippen LogP contribution in [-0.4, -0.2) is 20.3 Å². The number of nitriles is 1. The van der Waals surface area contributed by atoms with Crippen molar-refractivity contribution in [2.45, 2.75) is 32.7 Å². The first-order valence-electron chi connectivity index (χ1n) is 6.69. The van der Waals surface area contributed by atoms with Crippen LogP contribution in [0.4, 0.5) is 0 Å². The molecule has 0 aliphatic carbocycles. The van der Waals surface area contributed by atoms with Gasteiger partial charge >= 0.3 is 0 Å². The molecular weight excluding hydrogens is 240 g/mol. The van der Waals surface area contributed by atoms with Gasteiger partial charge in [0.05, 0.1) is 19.8 Å². The Morgan fingerprint density at radius 1 is 1.26 bits per heavy atom. The van der Waals surface area contributed by atoms with Crippen molar-refractivity contribution in [2.24, 2.45) is 0 Å². The van der Waals surface area contributed by atoms with Gasteiger partial charge in [-0.2, -0.15) is 5.26 Å². The SMILES string of the molecule is CCOc1cc(CNCCCCC#N)ccc1OC. The number of nitrogens with one attached hydrogen (secondary N) is 1. The lowest BCUT2D eigenvalue weighted by atomic mass is 10.2. The van der Waals surface area contributed by atoms with Gasteiger partial charge in [0.2, 0.25) is 0 Å². The number of benzene rings is 1. The minimum atomic E-state index is 0.626. The van der Waals surface area contributed by atoms with E-state index in [2.05, 4.69) is 11.4 Å². The van der Waals surface area contributed by atoms with Crippen molar-refractivity contribution in [3.8, 4) is 17.6 Å². The largest absolute Gasteiger partial charge is 0.493 e. The highest BCUT2D eigenvalue weighted by atomic mass is 16.5. The molecule has 0 aliphatic rings. The Balaban J connectivity index is 2.41. The van der Waals surface area contributed by atoms with Crippen molar-refractivity contribution in [1.82, 2.24) is 5.32 Å². The fourth-order valence-corrected chi connectivity index (χ4v) is 1.79. The lowest BCUT2D eigenvalue weighted by Gasteiger charge is -2.11. The molecule has 0 amide bonds. The van der Waals surface area contributed by atoms with Gasteiger partial charge in [-0.1, -0.05) is 6.07 Å². The molecule has 4 heteroatoms. The van der Waals surface area contributed by atoms with Crippen molar-refractivity contribution in [2.75, 3.05) is 20.3 Å². The van der Waals surface area contributed by atoms with E-state index in [0.717, 1.165) is 37.4 Å². The molecule has 1 rings (SSSR count). The summed E-state index contributed by atoms with van der Waals surface area (Å²) >= 11 is 0. The predicted octanol–water partition coefficient (Wildman–Crippen LogP) is 2.88. The molecule has 0 saturated carbocycles. The van der Waals surface area contributed by atoms with E-state index >= 15 is 0 Å². The second-order valence-electron chi connectivity index (χ2n) is 4.21. The zero-order valence-corrected chi connectivity index (χ0v) is 11.7. The maximum absolute atomic E-state index is 8.44. The molecule has 0 fully saturated rings. The van der Waals surface area contributed by atoms with Crippen LogP contribution in [0.15, 0.2) is 18.2 Å². The Kier molecular flexibility index (Phi) is 7.45. The highest BCUT2D eigenvalue weighted by Crippen LogP contribution is 2.27. The third kappa shape index (κ3) is 5.62. The van der Waals surface area contributed by atoms with E-state index in [4.69, 9.17) is 14.7 Å². The van der Waals surface area contributed by atoms with Crippen LogP contribution in [0.3, 0.4) is 0 Å². The van der Waals surface area contributed by atoms with Crippen LogP contribution in [-0.2, 0) is 6.54 Å². The van der Waals surface area contributed by atoms with Gasteiger partial charge in [0.1, 0.15) is 0 Å². The Morgan fingerprint density at radius 3 is 2.79 bits per heavy atom. The molecule has 1 aromatic rings. The number of nitrogens with zero attached hydrogens (tertiary/aromatic N) is 1. The molecule has 0 saturated heterocycles. The summed E-state index contributed by atoms with van der Waals surface area (Å²) in [7, 11) is 1.64. The van der Waals surface area contributed by atoms with Crippen LogP contribution in [0.5, 0.6) is 11.5 Å². The third-order valence-electron chi connectivity index (χ3n) is 2.75. The number of rotatable bonds is 9. The van der Waals surface area contributed by atoms with Gasteiger partial charge in [-0.15, -0.1) is 0 Å². The fourth-order valence-electron chi connectivity index (χ4n) is 1.79. The van der Waals surface area contributed by atoms with E-state index < -0.39 is 0 Å². The number of methoxy groups -OCH3 is 1. The predicted molar refractivity (Wildman–Crippen MR) is 75.3 cm³/mol. The van der Waals surface area contributed by atoms with E-state index in [1.165, 1.54) is 5.56 Å². The lowest BCUT2D eigenvalue weighted by Crippen LogP contribution is -2.14. The summed E-state index contributed by atoms with van der Waals surface area (Å²) in [4.78, 5) is 0. The Bertz CT molecular complexity index is 413. The first kappa shape index (κ1) is 15.3. The standard InChI is InChI=1S/C15H22N2O2/c1-3-19-15-11-13(7-8-14(15)18-2)12-17-10-6-4-5-9-16/h7-8,11,17H,3-6,10,12H2,1-2H3. The summed E-state index contributed by atoms with van der Waals surface area (Å²) in [5.74, 6) is 1.55. The first-order valence-corrected chi connectivity index (χ1v) is 6.69. The van der Waals surface area contributed by atoms with Gasteiger partial charge in [-0.05, 0) is 44.0 Å². The van der Waals surface area contributed by atoms with E-state index in [9.17, 15) is 0 Å². The maximum Gasteiger partial charge on any atom is 0.161 e. The average Bonchev–Trinajstić information content (AvgIpc) is 2.43. The van der Waals surface area contributed by atoms with Crippen molar-refractivity contribution < 1.29 is 9.47 Å². The molecule has 0 atom stereocenters. The zero-order valence-electron chi connectivity index (χ0n) is 11.7. The molecule has 104 valence electrons. The summed E-state index contributed by atoms with van der Waals surface area (Å²) in [5, 5.41) is 11.8. The van der Waals surface area contributed by atoms with Crippen LogP contribution in [0.1, 0.15) is 31.7 Å². The summed E-state index contributed by atoms with van der Waals surface area (Å²) < 4.78 is 10.8. The molecule has 0 bridgehead atoms. The van der Waals surface area contributed by atoms with Crippen molar-refractivity contribution in [1.29, 1.82) is 5.26 Å². The van der Waals surface area contributed by atoms with E-state index in [1.54, 1.807) is 7.11 Å². The van der Waals surface area contributed by atoms with Crippen LogP contribution < -0.4 is 14.8 Å². The Morgan fingerprint density at radius 2 is 2.11 bits per heavy atom. The van der Waals surface area contributed by atoms with Crippen LogP contribution in [0, 0.1) is 11.3 Å². The summed E-state index contributed by atoms with van der Waals surface area (Å²) in [6.45, 7) is 4.31. The van der Waals surface area contributed by atoms with E-state index in [-0.39, 0.29) is 0 Å². The Hall–Kier alpha value is -1.73. The molecular formula is C15H22N2O2. The monoisotopic (exact) mass is 262 g/mol. The quantitative estimate of drug-likeness (QED) is 0.695. The molecule has 0 aromatic heterocycles. The molecule has 1 N–H and O–H groups in total. The van der Waals surface area contributed by atoms with Gasteiger partial charge < -0.3 is 14.8 Å². The number of ether oxygens (including phenoxy) is 2. The summed E-state index contributed by atoms with van der Waals surface area (Å²) in [5.41, 5.74) is 1.17. The molecule has 0 aliphatic heterocycles. The maximum atomic E-state index is 8.44. The van der Waals surface area contributed by atoms with Gasteiger partial charge in [-0.3, -0.25) is 0 Å². The second-order valence-corrected chi connectivity index (χ2v) is 4.21. The van der Waals surface area contributed by atoms with Crippen LogP contribution in [0.25, 0.3) is 0 Å². The average molecular weight is 262 g/mol. The van der Waals surface area contributed by atoms with Crippen molar-refractivity contribution in [3.05, 3.63) is 23.8 Å². The van der Waals surface area contributed by atoms with Gasteiger partial charge in [0.15, 0.2) is 11.5 Å². The highest BCUT2D eigenvalue weighted by molar-refractivity contribution is 5.42. The molecule has 0 heterocycles. The van der Waals surface area contributed by atoms with Gasteiger partial charge in [-0.25, -0.2) is 0 Å². The molecule has 0 radical (unpaired) electrons. The van der Waals surface area contributed by atoms with E-state index in [0.29, 0.717) is 13.0 Å². The molecule has 1 aromatic carbocycles. The molecule has 0 spiro atoms. The second kappa shape index (κ2) is 9.23. The van der Waals surface area contributed by atoms with Gasteiger partial charge in [0.25, 0.3) is 0 Å².